The van der Waals surface area contributed by atoms with E-state index in [0.29, 0.717) is 27.6 Å². The molecule has 0 amide bonds. The van der Waals surface area contributed by atoms with Crippen molar-refractivity contribution in [3.05, 3.63) is 81.9 Å². The van der Waals surface area contributed by atoms with Gasteiger partial charge in [-0.25, -0.2) is 4.79 Å². The van der Waals surface area contributed by atoms with Crippen LogP contribution in [0.1, 0.15) is 27.0 Å². The van der Waals surface area contributed by atoms with Gasteiger partial charge in [0.2, 0.25) is 0 Å². The molecule has 1 aliphatic rings. The van der Waals surface area contributed by atoms with Crippen LogP contribution in [-0.2, 0) is 24.6 Å². The number of carbonyl (C=O) groups excluding carboxylic acids is 1. The van der Waals surface area contributed by atoms with Crippen LogP contribution in [0.25, 0.3) is 0 Å². The molecule has 0 aromatic heterocycles. The fraction of sp³-hybridized carbons (Fsp3) is 0.208. The standard InChI is InChI=1S/C24H21ClO6/c1-27-17-7-3-15(4-8-17)12-29-21-11-20(25)19-14-31-24(26)22(19)23(21)30-13-16-5-9-18(28-2)10-6-16/h3-11H,12-14H2,1-2H3. The number of carbonyl (C=O) groups is 1. The highest BCUT2D eigenvalue weighted by molar-refractivity contribution is 6.32. The molecule has 0 bridgehead atoms. The minimum absolute atomic E-state index is 0.116. The molecule has 0 atom stereocenters. The number of rotatable bonds is 8. The summed E-state index contributed by atoms with van der Waals surface area (Å²) >= 11 is 6.39. The van der Waals surface area contributed by atoms with Crippen LogP contribution in [0.5, 0.6) is 23.0 Å². The van der Waals surface area contributed by atoms with E-state index in [4.69, 9.17) is 35.3 Å². The number of ether oxygens (including phenoxy) is 5. The van der Waals surface area contributed by atoms with Crippen molar-refractivity contribution in [1.29, 1.82) is 0 Å². The van der Waals surface area contributed by atoms with Crippen LogP contribution in [0, 0.1) is 0 Å². The molecule has 0 spiro atoms. The smallest absolute Gasteiger partial charge is 0.342 e. The number of methoxy groups -OCH3 is 2. The molecule has 0 saturated carbocycles. The molecule has 4 rings (SSSR count). The van der Waals surface area contributed by atoms with Crippen molar-refractivity contribution in [2.45, 2.75) is 19.8 Å². The summed E-state index contributed by atoms with van der Waals surface area (Å²) < 4.78 is 27.6. The lowest BCUT2D eigenvalue weighted by molar-refractivity contribution is 0.0531. The van der Waals surface area contributed by atoms with E-state index in [9.17, 15) is 4.79 Å². The second-order valence-corrected chi connectivity index (χ2v) is 7.30. The summed E-state index contributed by atoms with van der Waals surface area (Å²) in [7, 11) is 3.23. The maximum atomic E-state index is 12.4. The zero-order valence-electron chi connectivity index (χ0n) is 17.1. The average Bonchev–Trinajstić information content (AvgIpc) is 3.20. The number of cyclic esters (lactones) is 1. The first-order chi connectivity index (χ1) is 15.1. The number of benzene rings is 3. The average molecular weight is 441 g/mol. The van der Waals surface area contributed by atoms with Crippen molar-refractivity contribution < 1.29 is 28.5 Å². The third-order valence-corrected chi connectivity index (χ3v) is 5.28. The third kappa shape index (κ3) is 4.54. The van der Waals surface area contributed by atoms with Gasteiger partial charge in [-0.2, -0.15) is 0 Å². The molecule has 3 aromatic carbocycles. The second kappa shape index (κ2) is 9.18. The van der Waals surface area contributed by atoms with E-state index in [0.717, 1.165) is 22.6 Å². The van der Waals surface area contributed by atoms with Crippen LogP contribution in [0.2, 0.25) is 5.02 Å². The fourth-order valence-electron chi connectivity index (χ4n) is 3.22. The Morgan fingerprint density at radius 3 is 1.97 bits per heavy atom. The number of halogens is 1. The summed E-state index contributed by atoms with van der Waals surface area (Å²) in [5.74, 6) is 1.74. The normalized spacial score (nSPS) is 12.2. The van der Waals surface area contributed by atoms with E-state index in [1.165, 1.54) is 0 Å². The molecule has 31 heavy (non-hydrogen) atoms. The van der Waals surface area contributed by atoms with E-state index in [1.807, 2.05) is 48.5 Å². The maximum Gasteiger partial charge on any atom is 0.342 e. The van der Waals surface area contributed by atoms with Crippen LogP contribution in [0.3, 0.4) is 0 Å². The molecule has 0 N–H and O–H groups in total. The lowest BCUT2D eigenvalue weighted by Crippen LogP contribution is -2.06. The Balaban J connectivity index is 1.59. The zero-order valence-corrected chi connectivity index (χ0v) is 17.9. The van der Waals surface area contributed by atoms with E-state index in [-0.39, 0.29) is 19.8 Å². The van der Waals surface area contributed by atoms with E-state index >= 15 is 0 Å². The Labute approximate surface area is 185 Å². The minimum Gasteiger partial charge on any atom is -0.497 e. The molecule has 0 radical (unpaired) electrons. The maximum absolute atomic E-state index is 12.4. The summed E-state index contributed by atoms with van der Waals surface area (Å²) in [6.45, 7) is 0.627. The first kappa shape index (κ1) is 20.9. The fourth-order valence-corrected chi connectivity index (χ4v) is 3.47. The molecule has 0 saturated heterocycles. The topological polar surface area (TPSA) is 63.2 Å². The third-order valence-electron chi connectivity index (χ3n) is 4.95. The van der Waals surface area contributed by atoms with E-state index < -0.39 is 5.97 Å². The van der Waals surface area contributed by atoms with Crippen molar-refractivity contribution in [1.82, 2.24) is 0 Å². The van der Waals surface area contributed by atoms with Gasteiger partial charge in [0.1, 0.15) is 36.9 Å². The molecule has 6 nitrogen and oxygen atoms in total. The molecule has 0 unspecified atom stereocenters. The van der Waals surface area contributed by atoms with Gasteiger partial charge in [-0.15, -0.1) is 0 Å². The van der Waals surface area contributed by atoms with Gasteiger partial charge in [0.15, 0.2) is 11.5 Å². The monoisotopic (exact) mass is 440 g/mol. The Bertz CT molecular complexity index is 1080. The number of fused-ring (bicyclic) bond motifs is 1. The largest absolute Gasteiger partial charge is 0.497 e. The van der Waals surface area contributed by atoms with Crippen LogP contribution in [0.4, 0.5) is 0 Å². The lowest BCUT2D eigenvalue weighted by atomic mass is 10.1. The zero-order chi connectivity index (χ0) is 21.8. The number of hydrogen-bond acceptors (Lipinski definition) is 6. The molecule has 1 heterocycles. The van der Waals surface area contributed by atoms with Crippen LogP contribution >= 0.6 is 11.6 Å². The lowest BCUT2D eigenvalue weighted by Gasteiger charge is -2.16. The van der Waals surface area contributed by atoms with Crippen molar-refractivity contribution in [2.24, 2.45) is 0 Å². The molecular weight excluding hydrogens is 420 g/mol. The Hall–Kier alpha value is -3.38. The highest BCUT2D eigenvalue weighted by atomic mass is 35.5. The summed E-state index contributed by atoms with van der Waals surface area (Å²) in [5.41, 5.74) is 2.76. The summed E-state index contributed by atoms with van der Waals surface area (Å²) in [4.78, 5) is 12.4. The second-order valence-electron chi connectivity index (χ2n) is 6.89. The van der Waals surface area contributed by atoms with Gasteiger partial charge in [0, 0.05) is 11.6 Å². The predicted molar refractivity (Wildman–Crippen MR) is 115 cm³/mol. The molecular formula is C24H21ClO6. The van der Waals surface area contributed by atoms with Crippen molar-refractivity contribution in [3.63, 3.8) is 0 Å². The Morgan fingerprint density at radius 1 is 0.871 bits per heavy atom. The summed E-state index contributed by atoms with van der Waals surface area (Å²) in [6.07, 6.45) is 0. The molecule has 1 aliphatic heterocycles. The molecule has 160 valence electrons. The first-order valence-electron chi connectivity index (χ1n) is 9.63. The highest BCUT2D eigenvalue weighted by Crippen LogP contribution is 2.42. The predicted octanol–water partition coefficient (Wildman–Crippen LogP) is 5.19. The number of hydrogen-bond donors (Lipinski definition) is 0. The quantitative estimate of drug-likeness (QED) is 0.449. The van der Waals surface area contributed by atoms with Crippen molar-refractivity contribution in [3.8, 4) is 23.0 Å². The number of esters is 1. The molecule has 0 aliphatic carbocycles. The van der Waals surface area contributed by atoms with Crippen LogP contribution in [0.15, 0.2) is 54.6 Å². The first-order valence-corrected chi connectivity index (χ1v) is 10.0. The van der Waals surface area contributed by atoms with Crippen LogP contribution < -0.4 is 18.9 Å². The van der Waals surface area contributed by atoms with Crippen molar-refractivity contribution in [2.75, 3.05) is 14.2 Å². The van der Waals surface area contributed by atoms with E-state index in [2.05, 4.69) is 0 Å². The van der Waals surface area contributed by atoms with Gasteiger partial charge in [-0.3, -0.25) is 0 Å². The van der Waals surface area contributed by atoms with Gasteiger partial charge >= 0.3 is 5.97 Å². The highest BCUT2D eigenvalue weighted by Gasteiger charge is 2.31. The van der Waals surface area contributed by atoms with Crippen molar-refractivity contribution >= 4 is 17.6 Å². The minimum atomic E-state index is -0.475. The Kier molecular flexibility index (Phi) is 6.18. The van der Waals surface area contributed by atoms with E-state index in [1.54, 1.807) is 20.3 Å². The molecule has 0 fully saturated rings. The molecule has 3 aromatic rings. The van der Waals surface area contributed by atoms with Gasteiger partial charge < -0.3 is 23.7 Å². The van der Waals surface area contributed by atoms with Gasteiger partial charge in [0.05, 0.1) is 19.2 Å². The Morgan fingerprint density at radius 2 is 1.42 bits per heavy atom. The SMILES string of the molecule is COc1ccc(COc2cc(Cl)c3c(c2OCc2ccc(OC)cc2)C(=O)OC3)cc1. The van der Waals surface area contributed by atoms with Gasteiger partial charge in [-0.1, -0.05) is 35.9 Å². The van der Waals surface area contributed by atoms with Gasteiger partial charge in [0.25, 0.3) is 0 Å². The van der Waals surface area contributed by atoms with Crippen LogP contribution in [-0.4, -0.2) is 20.2 Å². The summed E-state index contributed by atoms with van der Waals surface area (Å²) in [6, 6.07) is 16.7. The molecule has 7 heteroatoms. The summed E-state index contributed by atoms with van der Waals surface area (Å²) in [5, 5.41) is 0.405. The van der Waals surface area contributed by atoms with Gasteiger partial charge in [-0.05, 0) is 35.4 Å².